The second kappa shape index (κ2) is 9.00. The molecule has 0 aliphatic heterocycles. The predicted molar refractivity (Wildman–Crippen MR) is 124 cm³/mol. The summed E-state index contributed by atoms with van der Waals surface area (Å²) in [5.41, 5.74) is 14.3. The monoisotopic (exact) mass is 429 g/mol. The zero-order valence-corrected chi connectivity index (χ0v) is 18.9. The van der Waals surface area contributed by atoms with Gasteiger partial charge < -0.3 is 16.2 Å². The van der Waals surface area contributed by atoms with Crippen LogP contribution in [0.4, 0.5) is 10.1 Å². The van der Waals surface area contributed by atoms with E-state index in [2.05, 4.69) is 18.8 Å². The second-order valence-corrected chi connectivity index (χ2v) is 9.27. The van der Waals surface area contributed by atoms with E-state index >= 15 is 0 Å². The SMILES string of the molecule is C=C(N)Nc1c2c(c(C)c3c1CCC3)CCC2.CC(C)(O)c1ccc(SN)c(F)c1. The first-order valence-corrected chi connectivity index (χ1v) is 11.3. The Hall–Kier alpha value is -2.02. The molecule has 2 aliphatic rings. The molecule has 0 fully saturated rings. The van der Waals surface area contributed by atoms with Gasteiger partial charge in [0.25, 0.3) is 0 Å². The van der Waals surface area contributed by atoms with E-state index in [0.29, 0.717) is 16.3 Å². The summed E-state index contributed by atoms with van der Waals surface area (Å²) in [6, 6.07) is 4.53. The van der Waals surface area contributed by atoms with Crippen molar-refractivity contribution in [3.8, 4) is 0 Å². The lowest BCUT2D eigenvalue weighted by Gasteiger charge is -2.19. The van der Waals surface area contributed by atoms with Gasteiger partial charge in [0.05, 0.1) is 16.3 Å². The second-order valence-electron chi connectivity index (χ2n) is 8.59. The lowest BCUT2D eigenvalue weighted by atomic mass is 9.93. The minimum atomic E-state index is -1.02. The van der Waals surface area contributed by atoms with E-state index in [4.69, 9.17) is 10.9 Å². The number of hydrogen-bond acceptors (Lipinski definition) is 5. The summed E-state index contributed by atoms with van der Waals surface area (Å²) in [6.45, 7) is 9.31. The van der Waals surface area contributed by atoms with Crippen molar-refractivity contribution in [2.24, 2.45) is 10.9 Å². The van der Waals surface area contributed by atoms with Gasteiger partial charge >= 0.3 is 0 Å². The van der Waals surface area contributed by atoms with Crippen LogP contribution >= 0.6 is 11.9 Å². The Morgan fingerprint density at radius 1 is 1.10 bits per heavy atom. The van der Waals surface area contributed by atoms with Gasteiger partial charge in [0.1, 0.15) is 5.82 Å². The molecule has 6 heteroatoms. The van der Waals surface area contributed by atoms with E-state index in [-0.39, 0.29) is 0 Å². The third-order valence-electron chi connectivity index (χ3n) is 6.00. The number of halogens is 1. The maximum atomic E-state index is 13.2. The molecule has 0 saturated carbocycles. The van der Waals surface area contributed by atoms with E-state index in [1.54, 1.807) is 42.7 Å². The maximum Gasteiger partial charge on any atom is 0.138 e. The molecular formula is C24H32FN3OS. The molecule has 0 amide bonds. The number of benzene rings is 2. The quantitative estimate of drug-likeness (QED) is 0.523. The van der Waals surface area contributed by atoms with Crippen LogP contribution in [0.2, 0.25) is 0 Å². The van der Waals surface area contributed by atoms with Crippen molar-refractivity contribution < 1.29 is 9.50 Å². The van der Waals surface area contributed by atoms with Crippen molar-refractivity contribution in [1.29, 1.82) is 0 Å². The zero-order chi connectivity index (χ0) is 22.1. The van der Waals surface area contributed by atoms with Crippen molar-refractivity contribution in [2.75, 3.05) is 5.32 Å². The number of aliphatic hydroxyl groups is 1. The number of nitrogens with two attached hydrogens (primary N) is 2. The van der Waals surface area contributed by atoms with Gasteiger partial charge in [0.2, 0.25) is 0 Å². The molecular weight excluding hydrogens is 397 g/mol. The van der Waals surface area contributed by atoms with Crippen LogP contribution in [0.5, 0.6) is 0 Å². The van der Waals surface area contributed by atoms with Crippen molar-refractivity contribution in [3.05, 3.63) is 69.8 Å². The van der Waals surface area contributed by atoms with Crippen LogP contribution in [0.25, 0.3) is 0 Å². The Kier molecular flexibility index (Phi) is 6.80. The number of nitrogens with one attached hydrogen (secondary N) is 1. The molecule has 0 saturated heterocycles. The van der Waals surface area contributed by atoms with Crippen LogP contribution in [-0.4, -0.2) is 5.11 Å². The topological polar surface area (TPSA) is 84.3 Å². The van der Waals surface area contributed by atoms with Crippen LogP contribution in [0.15, 0.2) is 35.5 Å². The van der Waals surface area contributed by atoms with E-state index < -0.39 is 11.4 Å². The summed E-state index contributed by atoms with van der Waals surface area (Å²) in [6.07, 6.45) is 7.42. The number of hydrogen-bond donors (Lipinski definition) is 4. The number of fused-ring (bicyclic) bond motifs is 2. The van der Waals surface area contributed by atoms with Crippen LogP contribution in [0.1, 0.15) is 60.1 Å². The fraction of sp³-hybridized carbons (Fsp3) is 0.417. The Balaban J connectivity index is 0.000000178. The third-order valence-corrected chi connectivity index (χ3v) is 6.58. The zero-order valence-electron chi connectivity index (χ0n) is 18.1. The maximum absolute atomic E-state index is 13.2. The van der Waals surface area contributed by atoms with Gasteiger partial charge in [0.15, 0.2) is 0 Å². The van der Waals surface area contributed by atoms with Gasteiger partial charge in [-0.05, 0) is 117 Å². The summed E-state index contributed by atoms with van der Waals surface area (Å²) >= 11 is 0.858. The van der Waals surface area contributed by atoms with E-state index in [1.165, 1.54) is 61.4 Å². The Labute approximate surface area is 183 Å². The van der Waals surface area contributed by atoms with Gasteiger partial charge in [-0.3, -0.25) is 5.14 Å². The van der Waals surface area contributed by atoms with Gasteiger partial charge in [-0.25, -0.2) is 4.39 Å². The molecule has 0 unspecified atom stereocenters. The summed E-state index contributed by atoms with van der Waals surface area (Å²) in [7, 11) is 0. The average Bonchev–Trinajstić information content (AvgIpc) is 3.34. The molecule has 0 heterocycles. The Morgan fingerprint density at radius 2 is 1.63 bits per heavy atom. The van der Waals surface area contributed by atoms with E-state index in [9.17, 15) is 9.50 Å². The normalized spacial score (nSPS) is 14.6. The molecule has 162 valence electrons. The summed E-state index contributed by atoms with van der Waals surface area (Å²) in [5, 5.41) is 18.1. The fourth-order valence-electron chi connectivity index (χ4n) is 4.52. The van der Waals surface area contributed by atoms with Crippen molar-refractivity contribution in [1.82, 2.24) is 0 Å². The molecule has 4 rings (SSSR count). The Bertz CT molecular complexity index is 931. The van der Waals surface area contributed by atoms with Crippen LogP contribution in [0.3, 0.4) is 0 Å². The minimum Gasteiger partial charge on any atom is -0.386 e. The smallest absolute Gasteiger partial charge is 0.138 e. The van der Waals surface area contributed by atoms with Crippen molar-refractivity contribution in [2.45, 2.75) is 69.8 Å². The summed E-state index contributed by atoms with van der Waals surface area (Å²) in [4.78, 5) is 0.382. The first-order valence-electron chi connectivity index (χ1n) is 10.4. The third kappa shape index (κ3) is 4.66. The van der Waals surface area contributed by atoms with Crippen molar-refractivity contribution in [3.63, 3.8) is 0 Å². The van der Waals surface area contributed by atoms with Crippen LogP contribution < -0.4 is 16.2 Å². The predicted octanol–water partition coefficient (Wildman–Crippen LogP) is 4.83. The first kappa shape index (κ1) is 22.7. The highest BCUT2D eigenvalue weighted by molar-refractivity contribution is 7.97. The van der Waals surface area contributed by atoms with Gasteiger partial charge in [0, 0.05) is 5.69 Å². The summed E-state index contributed by atoms with van der Waals surface area (Å²) in [5.74, 6) is 0.171. The standard InChI is InChI=1S/C15H20N2.C9H12FNOS/c1-9-11-5-3-7-13(11)15(17-10(2)16)14-8-4-6-12(9)14;1-9(2,12)6-3-4-8(13-11)7(10)5-6/h17H,2-8,16H2,1H3;3-5,12H,11H2,1-2H3. The van der Waals surface area contributed by atoms with Crippen LogP contribution in [-0.2, 0) is 31.3 Å². The van der Waals surface area contributed by atoms with E-state index in [1.807, 2.05) is 0 Å². The van der Waals surface area contributed by atoms with E-state index in [0.717, 1.165) is 11.9 Å². The molecule has 0 spiro atoms. The highest BCUT2D eigenvalue weighted by atomic mass is 32.2. The molecule has 0 atom stereocenters. The highest BCUT2D eigenvalue weighted by Gasteiger charge is 2.26. The average molecular weight is 430 g/mol. The van der Waals surface area contributed by atoms with Crippen LogP contribution in [0, 0.1) is 12.7 Å². The molecule has 0 bridgehead atoms. The fourth-order valence-corrected chi connectivity index (χ4v) is 4.84. The molecule has 0 aromatic heterocycles. The molecule has 2 aromatic carbocycles. The number of anilines is 1. The molecule has 0 radical (unpaired) electrons. The largest absolute Gasteiger partial charge is 0.386 e. The highest BCUT2D eigenvalue weighted by Crippen LogP contribution is 2.41. The molecule has 2 aromatic rings. The lowest BCUT2D eigenvalue weighted by molar-refractivity contribution is 0.0781. The Morgan fingerprint density at radius 3 is 2.07 bits per heavy atom. The number of rotatable bonds is 4. The van der Waals surface area contributed by atoms with Crippen molar-refractivity contribution >= 4 is 17.6 Å². The molecule has 6 N–H and O–H groups in total. The molecule has 2 aliphatic carbocycles. The lowest BCUT2D eigenvalue weighted by Crippen LogP contribution is -2.15. The van der Waals surface area contributed by atoms with Gasteiger partial charge in [-0.1, -0.05) is 12.6 Å². The van der Waals surface area contributed by atoms with Gasteiger partial charge in [-0.2, -0.15) is 0 Å². The molecule has 4 nitrogen and oxygen atoms in total. The van der Waals surface area contributed by atoms with Gasteiger partial charge in [-0.15, -0.1) is 0 Å². The first-order chi connectivity index (χ1) is 14.1. The minimum absolute atomic E-state index is 0.382. The molecule has 30 heavy (non-hydrogen) atoms. The summed E-state index contributed by atoms with van der Waals surface area (Å²) < 4.78 is 13.2.